The highest BCUT2D eigenvalue weighted by Gasteiger charge is 2.06. The first-order chi connectivity index (χ1) is 10.2. The Hall–Kier alpha value is -2.16. The standard InChI is InChI=1S/C16H17N3OS/c1-19(11-14-7-9-21-12-14)8-6-16(20)18-15-4-2-13(10-17)3-5-15/h2-5,7,9,12H,6,8,11H2,1H3,(H,18,20). The quantitative estimate of drug-likeness (QED) is 0.892. The minimum atomic E-state index is -0.0168. The van der Waals surface area contributed by atoms with E-state index in [1.165, 1.54) is 5.56 Å². The van der Waals surface area contributed by atoms with Gasteiger partial charge in [-0.25, -0.2) is 0 Å². The number of anilines is 1. The summed E-state index contributed by atoms with van der Waals surface area (Å²) >= 11 is 1.68. The van der Waals surface area contributed by atoms with Crippen molar-refractivity contribution in [2.45, 2.75) is 13.0 Å². The largest absolute Gasteiger partial charge is 0.326 e. The summed E-state index contributed by atoms with van der Waals surface area (Å²) in [6, 6.07) is 11.0. The van der Waals surface area contributed by atoms with Crippen molar-refractivity contribution in [2.24, 2.45) is 0 Å². The molecule has 0 atom stereocenters. The second-order valence-electron chi connectivity index (χ2n) is 4.86. The lowest BCUT2D eigenvalue weighted by molar-refractivity contribution is -0.116. The number of hydrogen-bond acceptors (Lipinski definition) is 4. The van der Waals surface area contributed by atoms with Crippen LogP contribution in [0.25, 0.3) is 0 Å². The van der Waals surface area contributed by atoms with Gasteiger partial charge in [-0.1, -0.05) is 0 Å². The Kier molecular flexibility index (Phi) is 5.50. The summed E-state index contributed by atoms with van der Waals surface area (Å²) < 4.78 is 0. The molecule has 1 N–H and O–H groups in total. The van der Waals surface area contributed by atoms with Crippen LogP contribution in [0.5, 0.6) is 0 Å². The predicted octanol–water partition coefficient (Wildman–Crippen LogP) is 3.08. The van der Waals surface area contributed by atoms with E-state index in [1.807, 2.05) is 13.1 Å². The molecule has 1 heterocycles. The van der Waals surface area contributed by atoms with E-state index >= 15 is 0 Å². The summed E-state index contributed by atoms with van der Waals surface area (Å²) in [4.78, 5) is 14.0. The van der Waals surface area contributed by atoms with Gasteiger partial charge in [-0.3, -0.25) is 4.79 Å². The molecular weight excluding hydrogens is 282 g/mol. The molecule has 0 aliphatic carbocycles. The van der Waals surface area contributed by atoms with Crippen molar-refractivity contribution in [3.8, 4) is 6.07 Å². The molecular formula is C16H17N3OS. The van der Waals surface area contributed by atoms with Gasteiger partial charge in [0, 0.05) is 25.2 Å². The van der Waals surface area contributed by atoms with E-state index in [4.69, 9.17) is 5.26 Å². The minimum Gasteiger partial charge on any atom is -0.326 e. The number of hydrogen-bond donors (Lipinski definition) is 1. The fourth-order valence-corrected chi connectivity index (χ4v) is 2.58. The molecule has 0 spiro atoms. The number of amides is 1. The summed E-state index contributed by atoms with van der Waals surface area (Å²) in [6.45, 7) is 1.56. The molecule has 2 aromatic rings. The van der Waals surface area contributed by atoms with Crippen LogP contribution in [-0.2, 0) is 11.3 Å². The van der Waals surface area contributed by atoms with Crippen LogP contribution >= 0.6 is 11.3 Å². The van der Waals surface area contributed by atoms with Gasteiger partial charge in [0.25, 0.3) is 0 Å². The molecule has 0 aliphatic heterocycles. The molecule has 4 nitrogen and oxygen atoms in total. The van der Waals surface area contributed by atoms with Gasteiger partial charge < -0.3 is 10.2 Å². The van der Waals surface area contributed by atoms with Crippen LogP contribution in [0.3, 0.4) is 0 Å². The molecule has 0 unspecified atom stereocenters. The Morgan fingerprint density at radius 2 is 2.10 bits per heavy atom. The van der Waals surface area contributed by atoms with Gasteiger partial charge in [0.05, 0.1) is 11.6 Å². The van der Waals surface area contributed by atoms with Gasteiger partial charge in [0.1, 0.15) is 0 Å². The highest BCUT2D eigenvalue weighted by Crippen LogP contribution is 2.10. The summed E-state index contributed by atoms with van der Waals surface area (Å²) in [6.07, 6.45) is 0.445. The fraction of sp³-hybridized carbons (Fsp3) is 0.250. The van der Waals surface area contributed by atoms with Crippen molar-refractivity contribution in [1.82, 2.24) is 4.90 Å². The van der Waals surface area contributed by atoms with E-state index in [0.29, 0.717) is 18.5 Å². The van der Waals surface area contributed by atoms with E-state index in [2.05, 4.69) is 27.0 Å². The highest BCUT2D eigenvalue weighted by atomic mass is 32.1. The molecule has 0 radical (unpaired) electrons. The normalized spacial score (nSPS) is 10.3. The van der Waals surface area contributed by atoms with Crippen molar-refractivity contribution < 1.29 is 4.79 Å². The number of rotatable bonds is 6. The van der Waals surface area contributed by atoms with Gasteiger partial charge in [0.2, 0.25) is 5.91 Å². The van der Waals surface area contributed by atoms with E-state index in [1.54, 1.807) is 35.6 Å². The zero-order valence-electron chi connectivity index (χ0n) is 11.9. The number of nitriles is 1. The number of nitrogens with one attached hydrogen (secondary N) is 1. The van der Waals surface area contributed by atoms with Crippen LogP contribution in [0.2, 0.25) is 0 Å². The Morgan fingerprint density at radius 1 is 1.33 bits per heavy atom. The molecule has 108 valence electrons. The number of carbonyl (C=O) groups excluding carboxylic acids is 1. The SMILES string of the molecule is CN(CCC(=O)Nc1ccc(C#N)cc1)Cc1ccsc1. The van der Waals surface area contributed by atoms with Crippen LogP contribution < -0.4 is 5.32 Å². The smallest absolute Gasteiger partial charge is 0.225 e. The molecule has 0 fully saturated rings. The predicted molar refractivity (Wildman–Crippen MR) is 85.1 cm³/mol. The van der Waals surface area contributed by atoms with Gasteiger partial charge in [0.15, 0.2) is 0 Å². The third-order valence-corrected chi connectivity index (χ3v) is 3.78. The first-order valence-electron chi connectivity index (χ1n) is 6.67. The Morgan fingerprint density at radius 3 is 2.71 bits per heavy atom. The van der Waals surface area contributed by atoms with Crippen molar-refractivity contribution >= 4 is 22.9 Å². The maximum atomic E-state index is 11.9. The first-order valence-corrected chi connectivity index (χ1v) is 7.61. The van der Waals surface area contributed by atoms with Crippen LogP contribution in [0.15, 0.2) is 41.1 Å². The molecule has 0 bridgehead atoms. The summed E-state index contributed by atoms with van der Waals surface area (Å²) in [5.74, 6) is -0.0168. The van der Waals surface area contributed by atoms with E-state index in [9.17, 15) is 4.79 Å². The second-order valence-corrected chi connectivity index (χ2v) is 5.64. The lowest BCUT2D eigenvalue weighted by Gasteiger charge is -2.15. The van der Waals surface area contributed by atoms with Crippen LogP contribution in [0, 0.1) is 11.3 Å². The molecule has 1 aromatic heterocycles. The van der Waals surface area contributed by atoms with Crippen molar-refractivity contribution in [1.29, 1.82) is 5.26 Å². The van der Waals surface area contributed by atoms with Gasteiger partial charge in [-0.15, -0.1) is 0 Å². The highest BCUT2D eigenvalue weighted by molar-refractivity contribution is 7.07. The third-order valence-electron chi connectivity index (χ3n) is 3.05. The Bertz CT molecular complexity index is 614. The molecule has 2 rings (SSSR count). The van der Waals surface area contributed by atoms with Crippen molar-refractivity contribution in [3.63, 3.8) is 0 Å². The van der Waals surface area contributed by atoms with Crippen LogP contribution in [0.4, 0.5) is 5.69 Å². The second kappa shape index (κ2) is 7.58. The van der Waals surface area contributed by atoms with Crippen molar-refractivity contribution in [3.05, 3.63) is 52.2 Å². The summed E-state index contributed by atoms with van der Waals surface area (Å²) in [5, 5.41) is 15.7. The number of thiophene rings is 1. The molecule has 0 saturated carbocycles. The molecule has 1 aromatic carbocycles. The number of benzene rings is 1. The number of nitrogens with zero attached hydrogens (tertiary/aromatic N) is 2. The summed E-state index contributed by atoms with van der Waals surface area (Å²) in [7, 11) is 2.01. The van der Waals surface area contributed by atoms with E-state index < -0.39 is 0 Å². The molecule has 21 heavy (non-hydrogen) atoms. The minimum absolute atomic E-state index is 0.0168. The number of carbonyl (C=O) groups is 1. The third kappa shape index (κ3) is 5.03. The van der Waals surface area contributed by atoms with E-state index in [-0.39, 0.29) is 5.91 Å². The Balaban J connectivity index is 1.75. The van der Waals surface area contributed by atoms with E-state index in [0.717, 1.165) is 12.2 Å². The fourth-order valence-electron chi connectivity index (χ4n) is 1.92. The average Bonchev–Trinajstić information content (AvgIpc) is 2.99. The average molecular weight is 299 g/mol. The van der Waals surface area contributed by atoms with Gasteiger partial charge in [-0.2, -0.15) is 16.6 Å². The molecule has 0 saturated heterocycles. The zero-order valence-corrected chi connectivity index (χ0v) is 12.7. The van der Waals surface area contributed by atoms with Crippen LogP contribution in [-0.4, -0.2) is 24.4 Å². The van der Waals surface area contributed by atoms with Gasteiger partial charge in [-0.05, 0) is 53.7 Å². The van der Waals surface area contributed by atoms with Crippen LogP contribution in [0.1, 0.15) is 17.5 Å². The molecule has 1 amide bonds. The summed E-state index contributed by atoms with van der Waals surface area (Å²) in [5.41, 5.74) is 2.58. The lowest BCUT2D eigenvalue weighted by Crippen LogP contribution is -2.23. The Labute approximate surface area is 128 Å². The van der Waals surface area contributed by atoms with Gasteiger partial charge >= 0.3 is 0 Å². The molecule has 0 aliphatic rings. The molecule has 5 heteroatoms. The first kappa shape index (κ1) is 15.2. The maximum Gasteiger partial charge on any atom is 0.225 e. The maximum absolute atomic E-state index is 11.9. The topological polar surface area (TPSA) is 56.1 Å². The zero-order chi connectivity index (χ0) is 15.1. The monoisotopic (exact) mass is 299 g/mol. The van der Waals surface area contributed by atoms with Crippen molar-refractivity contribution in [2.75, 3.05) is 18.9 Å². The lowest BCUT2D eigenvalue weighted by atomic mass is 10.2.